The van der Waals surface area contributed by atoms with Gasteiger partial charge in [-0.15, -0.1) is 0 Å². The van der Waals surface area contributed by atoms with Crippen LogP contribution in [0.3, 0.4) is 0 Å². The summed E-state index contributed by atoms with van der Waals surface area (Å²) in [5, 5.41) is 0. The van der Waals surface area contributed by atoms with Gasteiger partial charge in [-0.05, 0) is 56.7 Å². The van der Waals surface area contributed by atoms with Crippen LogP contribution in [0.1, 0.15) is 41.0 Å². The molecule has 2 heterocycles. The van der Waals surface area contributed by atoms with Crippen molar-refractivity contribution >= 4 is 17.5 Å². The molecular weight excluding hydrogens is 352 g/mol. The summed E-state index contributed by atoms with van der Waals surface area (Å²) in [6.45, 7) is 8.55. The van der Waals surface area contributed by atoms with E-state index in [2.05, 4.69) is 23.7 Å². The van der Waals surface area contributed by atoms with Crippen LogP contribution in [0.5, 0.6) is 0 Å². The molecule has 3 rings (SSSR count). The molecule has 0 atom stereocenters. The lowest BCUT2D eigenvalue weighted by molar-refractivity contribution is 0.0718. The minimum Gasteiger partial charge on any atom is -0.372 e. The van der Waals surface area contributed by atoms with Gasteiger partial charge in [0.05, 0.1) is 0 Å². The van der Waals surface area contributed by atoms with Gasteiger partial charge in [0.1, 0.15) is 0 Å². The first-order valence-electron chi connectivity index (χ1n) is 9.97. The molecule has 0 bridgehead atoms. The molecule has 1 saturated heterocycles. The van der Waals surface area contributed by atoms with Gasteiger partial charge < -0.3 is 14.7 Å². The number of rotatable bonds is 5. The highest BCUT2D eigenvalue weighted by molar-refractivity contribution is 5.95. The van der Waals surface area contributed by atoms with Gasteiger partial charge >= 0.3 is 0 Å². The maximum Gasteiger partial charge on any atom is 0.254 e. The van der Waals surface area contributed by atoms with Gasteiger partial charge in [-0.2, -0.15) is 0 Å². The number of pyridine rings is 1. The van der Waals surface area contributed by atoms with Crippen LogP contribution >= 0.6 is 0 Å². The average molecular weight is 380 g/mol. The van der Waals surface area contributed by atoms with Crippen LogP contribution in [0, 0.1) is 0 Å². The molecule has 0 aliphatic carbocycles. The summed E-state index contributed by atoms with van der Waals surface area (Å²) in [6.07, 6.45) is 4.03. The van der Waals surface area contributed by atoms with E-state index in [1.54, 1.807) is 24.5 Å². The molecular formula is C22H28N4O2. The number of hydrogen-bond donors (Lipinski definition) is 0. The standard InChI is InChI=1S/C22H28N4O2/c1-3-24(4-2)20-8-6-18(7-9-20)21(27)25-14-5-15-26(17-16-25)22(28)19-10-12-23-13-11-19/h6-13H,3-5,14-17H2,1-2H3. The summed E-state index contributed by atoms with van der Waals surface area (Å²) in [4.78, 5) is 35.5. The van der Waals surface area contributed by atoms with E-state index in [1.165, 1.54) is 0 Å². The largest absolute Gasteiger partial charge is 0.372 e. The van der Waals surface area contributed by atoms with E-state index in [-0.39, 0.29) is 11.8 Å². The molecule has 6 nitrogen and oxygen atoms in total. The molecule has 1 aromatic carbocycles. The zero-order chi connectivity index (χ0) is 19.9. The van der Waals surface area contributed by atoms with Crippen molar-refractivity contribution in [2.75, 3.05) is 44.2 Å². The molecule has 1 aliphatic rings. The summed E-state index contributed by atoms with van der Waals surface area (Å²) in [5.41, 5.74) is 2.47. The van der Waals surface area contributed by atoms with Crippen molar-refractivity contribution in [1.82, 2.24) is 14.8 Å². The zero-order valence-corrected chi connectivity index (χ0v) is 16.7. The normalized spacial score (nSPS) is 14.5. The van der Waals surface area contributed by atoms with Crippen molar-refractivity contribution in [3.8, 4) is 0 Å². The molecule has 2 amide bonds. The number of nitrogens with zero attached hydrogens (tertiary/aromatic N) is 4. The summed E-state index contributed by atoms with van der Waals surface area (Å²) in [6, 6.07) is 11.3. The Labute approximate surface area is 166 Å². The summed E-state index contributed by atoms with van der Waals surface area (Å²) in [5.74, 6) is 0.0320. The molecule has 148 valence electrons. The van der Waals surface area contributed by atoms with Crippen LogP contribution in [-0.2, 0) is 0 Å². The third kappa shape index (κ3) is 4.50. The first kappa shape index (κ1) is 19.9. The second-order valence-electron chi connectivity index (χ2n) is 6.89. The Balaban J connectivity index is 1.63. The summed E-state index contributed by atoms with van der Waals surface area (Å²) < 4.78 is 0. The SMILES string of the molecule is CCN(CC)c1ccc(C(=O)N2CCCN(C(=O)c3ccncc3)CC2)cc1. The molecule has 1 fully saturated rings. The van der Waals surface area contributed by atoms with Crippen molar-refractivity contribution in [1.29, 1.82) is 0 Å². The third-order valence-corrected chi connectivity index (χ3v) is 5.24. The molecule has 1 aliphatic heterocycles. The zero-order valence-electron chi connectivity index (χ0n) is 16.7. The van der Waals surface area contributed by atoms with Crippen LogP contribution < -0.4 is 4.90 Å². The lowest BCUT2D eigenvalue weighted by atomic mass is 10.1. The average Bonchev–Trinajstić information content (AvgIpc) is 3.01. The Morgan fingerprint density at radius 2 is 1.32 bits per heavy atom. The monoisotopic (exact) mass is 380 g/mol. The molecule has 0 unspecified atom stereocenters. The smallest absolute Gasteiger partial charge is 0.254 e. The van der Waals surface area contributed by atoms with Crippen LogP contribution in [-0.4, -0.2) is 65.9 Å². The second kappa shape index (κ2) is 9.35. The molecule has 6 heteroatoms. The van der Waals surface area contributed by atoms with E-state index in [0.717, 1.165) is 25.2 Å². The minimum atomic E-state index is 0.000254. The van der Waals surface area contributed by atoms with Gasteiger partial charge in [0.15, 0.2) is 0 Å². The van der Waals surface area contributed by atoms with Crippen LogP contribution in [0.4, 0.5) is 5.69 Å². The van der Waals surface area contributed by atoms with Gasteiger partial charge in [-0.25, -0.2) is 0 Å². The van der Waals surface area contributed by atoms with Gasteiger partial charge in [0, 0.05) is 68.5 Å². The van der Waals surface area contributed by atoms with E-state index in [0.29, 0.717) is 37.3 Å². The second-order valence-corrected chi connectivity index (χ2v) is 6.89. The van der Waals surface area contributed by atoms with Crippen molar-refractivity contribution in [2.24, 2.45) is 0 Å². The minimum absolute atomic E-state index is 0.000254. The highest BCUT2D eigenvalue weighted by Crippen LogP contribution is 2.17. The number of benzene rings is 1. The lowest BCUT2D eigenvalue weighted by Crippen LogP contribution is -2.37. The Hall–Kier alpha value is -2.89. The van der Waals surface area contributed by atoms with Gasteiger partial charge in [0.25, 0.3) is 11.8 Å². The van der Waals surface area contributed by atoms with Crippen molar-refractivity contribution < 1.29 is 9.59 Å². The molecule has 1 aromatic heterocycles. The number of carbonyl (C=O) groups is 2. The van der Waals surface area contributed by atoms with Crippen LogP contribution in [0.25, 0.3) is 0 Å². The molecule has 2 aromatic rings. The maximum absolute atomic E-state index is 12.9. The Morgan fingerprint density at radius 3 is 1.82 bits per heavy atom. The summed E-state index contributed by atoms with van der Waals surface area (Å²) in [7, 11) is 0. The van der Waals surface area contributed by atoms with E-state index in [9.17, 15) is 9.59 Å². The lowest BCUT2D eigenvalue weighted by Gasteiger charge is -2.23. The fourth-order valence-electron chi connectivity index (χ4n) is 3.59. The highest BCUT2D eigenvalue weighted by atomic mass is 16.2. The Kier molecular flexibility index (Phi) is 6.63. The number of aromatic nitrogens is 1. The first-order chi connectivity index (χ1) is 13.6. The fourth-order valence-corrected chi connectivity index (χ4v) is 3.59. The summed E-state index contributed by atoms with van der Waals surface area (Å²) >= 11 is 0. The van der Waals surface area contributed by atoms with Crippen LogP contribution in [0.2, 0.25) is 0 Å². The van der Waals surface area contributed by atoms with Crippen molar-refractivity contribution in [3.63, 3.8) is 0 Å². The fraction of sp³-hybridized carbons (Fsp3) is 0.409. The van der Waals surface area contributed by atoms with Crippen molar-refractivity contribution in [3.05, 3.63) is 59.9 Å². The molecule has 28 heavy (non-hydrogen) atoms. The van der Waals surface area contributed by atoms with Gasteiger partial charge in [-0.3, -0.25) is 14.6 Å². The van der Waals surface area contributed by atoms with Gasteiger partial charge in [0.2, 0.25) is 0 Å². The quantitative estimate of drug-likeness (QED) is 0.800. The molecule has 0 saturated carbocycles. The van der Waals surface area contributed by atoms with E-state index in [4.69, 9.17) is 0 Å². The first-order valence-corrected chi connectivity index (χ1v) is 9.97. The van der Waals surface area contributed by atoms with Gasteiger partial charge in [-0.1, -0.05) is 0 Å². The highest BCUT2D eigenvalue weighted by Gasteiger charge is 2.23. The van der Waals surface area contributed by atoms with E-state index >= 15 is 0 Å². The van der Waals surface area contributed by atoms with E-state index in [1.807, 2.05) is 34.1 Å². The number of carbonyl (C=O) groups excluding carboxylic acids is 2. The van der Waals surface area contributed by atoms with Crippen molar-refractivity contribution in [2.45, 2.75) is 20.3 Å². The predicted molar refractivity (Wildman–Crippen MR) is 111 cm³/mol. The third-order valence-electron chi connectivity index (χ3n) is 5.24. The van der Waals surface area contributed by atoms with E-state index < -0.39 is 0 Å². The topological polar surface area (TPSA) is 56.8 Å². The number of hydrogen-bond acceptors (Lipinski definition) is 4. The van der Waals surface area contributed by atoms with Crippen LogP contribution in [0.15, 0.2) is 48.8 Å². The predicted octanol–water partition coefficient (Wildman–Crippen LogP) is 2.92. The molecule has 0 N–H and O–H groups in total. The number of amides is 2. The Bertz CT molecular complexity index is 788. The molecule has 0 radical (unpaired) electrons. The number of anilines is 1. The maximum atomic E-state index is 12.9. The molecule has 0 spiro atoms. The Morgan fingerprint density at radius 1 is 0.821 bits per heavy atom.